The van der Waals surface area contributed by atoms with Crippen molar-refractivity contribution in [3.05, 3.63) is 16.7 Å². The van der Waals surface area contributed by atoms with E-state index in [1.165, 1.54) is 6.07 Å². The van der Waals surface area contributed by atoms with E-state index in [-0.39, 0.29) is 35.3 Å². The van der Waals surface area contributed by atoms with Gasteiger partial charge >= 0.3 is 5.97 Å². The predicted molar refractivity (Wildman–Crippen MR) is 65.7 cm³/mol. The Morgan fingerprint density at radius 1 is 1.53 bits per heavy atom. The number of aliphatic hydroxyl groups is 1. The Morgan fingerprint density at radius 2 is 2.21 bits per heavy atom. The van der Waals surface area contributed by atoms with E-state index in [0.29, 0.717) is 6.61 Å². The number of ether oxygens (including phenoxy) is 3. The molecule has 1 aliphatic rings. The lowest BCUT2D eigenvalue weighted by molar-refractivity contribution is -0.153. The first-order valence-electron chi connectivity index (χ1n) is 5.72. The molecule has 1 aromatic rings. The molecule has 6 nitrogen and oxygen atoms in total. The summed E-state index contributed by atoms with van der Waals surface area (Å²) in [6.07, 6.45) is -1.69. The van der Waals surface area contributed by atoms with Crippen LogP contribution in [0, 0.1) is 0 Å². The minimum atomic E-state index is -1.69. The molecule has 19 heavy (non-hydrogen) atoms. The zero-order chi connectivity index (χ0) is 14.0. The molecule has 0 aromatic heterocycles. The van der Waals surface area contributed by atoms with Crippen LogP contribution >= 0.6 is 11.6 Å². The molecular weight excluding hydrogens is 276 g/mol. The van der Waals surface area contributed by atoms with E-state index in [0.717, 1.165) is 0 Å². The number of carbonyl (C=O) groups excluding carboxylic acids is 1. The summed E-state index contributed by atoms with van der Waals surface area (Å²) in [5.74, 6) is -0.941. The van der Waals surface area contributed by atoms with Gasteiger partial charge in [0.15, 0.2) is 17.6 Å². The Morgan fingerprint density at radius 3 is 2.89 bits per heavy atom. The molecule has 0 radical (unpaired) electrons. The van der Waals surface area contributed by atoms with Crippen LogP contribution in [-0.2, 0) is 9.53 Å². The Hall–Kier alpha value is -1.66. The summed E-state index contributed by atoms with van der Waals surface area (Å²) in [5.41, 5.74) is -0.138. The maximum Gasteiger partial charge on any atom is 0.339 e. The number of phenolic OH excluding ortho intramolecular Hbond substituents is 1. The highest BCUT2D eigenvalue weighted by atomic mass is 35.5. The molecule has 0 bridgehead atoms. The van der Waals surface area contributed by atoms with Gasteiger partial charge in [-0.25, -0.2) is 4.79 Å². The number of fused-ring (bicyclic) bond motifs is 1. The molecule has 1 unspecified atom stereocenters. The van der Waals surface area contributed by atoms with Gasteiger partial charge in [0, 0.05) is 6.07 Å². The quantitative estimate of drug-likeness (QED) is 0.818. The summed E-state index contributed by atoms with van der Waals surface area (Å²) in [6.45, 7) is 2.29. The average Bonchev–Trinajstić information content (AvgIpc) is 2.40. The standard InChI is InChI=1S/C12H13ClO6/c1-2-17-12(16)10(15)8-9(14)6(13)5-7-11(8)19-4-3-18-7/h5,10,14-15H,2-4H2,1H3. The summed E-state index contributed by atoms with van der Waals surface area (Å²) in [6, 6.07) is 1.37. The van der Waals surface area contributed by atoms with Crippen molar-refractivity contribution >= 4 is 17.6 Å². The third-order valence-electron chi connectivity index (χ3n) is 2.58. The summed E-state index contributed by atoms with van der Waals surface area (Å²) in [5, 5.41) is 19.8. The molecule has 0 fully saturated rings. The minimum Gasteiger partial charge on any atom is -0.506 e. The monoisotopic (exact) mass is 288 g/mol. The third-order valence-corrected chi connectivity index (χ3v) is 2.87. The minimum absolute atomic E-state index is 0.0393. The van der Waals surface area contributed by atoms with E-state index in [9.17, 15) is 15.0 Å². The van der Waals surface area contributed by atoms with Crippen molar-refractivity contribution in [2.45, 2.75) is 13.0 Å². The highest BCUT2D eigenvalue weighted by molar-refractivity contribution is 6.32. The van der Waals surface area contributed by atoms with Crippen molar-refractivity contribution in [1.82, 2.24) is 0 Å². The number of rotatable bonds is 3. The fraction of sp³-hybridized carbons (Fsp3) is 0.417. The number of benzene rings is 1. The van der Waals surface area contributed by atoms with Gasteiger partial charge in [-0.1, -0.05) is 11.6 Å². The lowest BCUT2D eigenvalue weighted by atomic mass is 10.1. The number of aliphatic hydroxyl groups excluding tert-OH is 1. The molecule has 0 spiro atoms. The van der Waals surface area contributed by atoms with Crippen molar-refractivity contribution in [3.8, 4) is 17.2 Å². The van der Waals surface area contributed by atoms with Gasteiger partial charge in [-0.2, -0.15) is 0 Å². The molecule has 104 valence electrons. The van der Waals surface area contributed by atoms with Crippen LogP contribution in [0.2, 0.25) is 5.02 Å². The number of aromatic hydroxyl groups is 1. The van der Waals surface area contributed by atoms with Gasteiger partial charge in [0.05, 0.1) is 17.2 Å². The van der Waals surface area contributed by atoms with Gasteiger partial charge < -0.3 is 24.4 Å². The molecule has 1 heterocycles. The van der Waals surface area contributed by atoms with Crippen molar-refractivity contribution in [3.63, 3.8) is 0 Å². The first-order chi connectivity index (χ1) is 9.06. The van der Waals surface area contributed by atoms with Crippen LogP contribution in [0.1, 0.15) is 18.6 Å². The van der Waals surface area contributed by atoms with Crippen LogP contribution in [0.25, 0.3) is 0 Å². The zero-order valence-corrected chi connectivity index (χ0v) is 10.9. The maximum absolute atomic E-state index is 11.6. The van der Waals surface area contributed by atoms with Crippen LogP contribution in [0.5, 0.6) is 17.2 Å². The van der Waals surface area contributed by atoms with Gasteiger partial charge in [-0.15, -0.1) is 0 Å². The van der Waals surface area contributed by atoms with Crippen LogP contribution in [-0.4, -0.2) is 36.0 Å². The topological polar surface area (TPSA) is 85.2 Å². The van der Waals surface area contributed by atoms with E-state index in [1.54, 1.807) is 6.92 Å². The summed E-state index contributed by atoms with van der Waals surface area (Å²) in [7, 11) is 0. The number of halogens is 1. The van der Waals surface area contributed by atoms with Crippen molar-refractivity contribution in [2.24, 2.45) is 0 Å². The second kappa shape index (κ2) is 5.54. The highest BCUT2D eigenvalue weighted by Crippen LogP contribution is 2.46. The van der Waals surface area contributed by atoms with Crippen LogP contribution in [0.3, 0.4) is 0 Å². The second-order valence-corrected chi connectivity index (χ2v) is 4.21. The van der Waals surface area contributed by atoms with Crippen LogP contribution in [0.15, 0.2) is 6.07 Å². The molecule has 1 aromatic carbocycles. The van der Waals surface area contributed by atoms with Crippen LogP contribution < -0.4 is 9.47 Å². The van der Waals surface area contributed by atoms with Gasteiger partial charge in [0.1, 0.15) is 19.0 Å². The van der Waals surface area contributed by atoms with Crippen molar-refractivity contribution in [2.75, 3.05) is 19.8 Å². The molecule has 0 saturated heterocycles. The first kappa shape index (κ1) is 13.8. The maximum atomic E-state index is 11.6. The molecule has 2 N–H and O–H groups in total. The largest absolute Gasteiger partial charge is 0.506 e. The van der Waals surface area contributed by atoms with E-state index >= 15 is 0 Å². The summed E-state index contributed by atoms with van der Waals surface area (Å²) in [4.78, 5) is 11.6. The lowest BCUT2D eigenvalue weighted by Gasteiger charge is -2.23. The molecule has 1 atom stereocenters. The number of esters is 1. The van der Waals surface area contributed by atoms with Gasteiger partial charge in [0.25, 0.3) is 0 Å². The first-order valence-corrected chi connectivity index (χ1v) is 6.09. The lowest BCUT2D eigenvalue weighted by Crippen LogP contribution is -2.21. The Kier molecular flexibility index (Phi) is 4.01. The number of phenols is 1. The molecule has 0 saturated carbocycles. The SMILES string of the molecule is CCOC(=O)C(O)c1c(O)c(Cl)cc2c1OCCO2. The highest BCUT2D eigenvalue weighted by Gasteiger charge is 2.31. The van der Waals surface area contributed by atoms with Crippen molar-refractivity contribution in [1.29, 1.82) is 0 Å². The number of hydrogen-bond acceptors (Lipinski definition) is 6. The molecule has 7 heteroatoms. The Bertz CT molecular complexity index is 501. The Balaban J connectivity index is 2.48. The molecule has 1 aliphatic heterocycles. The number of hydrogen-bond donors (Lipinski definition) is 2. The van der Waals surface area contributed by atoms with Gasteiger partial charge in [0.2, 0.25) is 0 Å². The predicted octanol–water partition coefficient (Wildman–Crippen LogP) is 1.41. The fourth-order valence-corrected chi connectivity index (χ4v) is 1.96. The van der Waals surface area contributed by atoms with E-state index < -0.39 is 17.8 Å². The second-order valence-electron chi connectivity index (χ2n) is 3.80. The zero-order valence-electron chi connectivity index (χ0n) is 10.2. The average molecular weight is 289 g/mol. The van der Waals surface area contributed by atoms with Crippen LogP contribution in [0.4, 0.5) is 0 Å². The van der Waals surface area contributed by atoms with E-state index in [4.69, 9.17) is 25.8 Å². The van der Waals surface area contributed by atoms with Crippen molar-refractivity contribution < 1.29 is 29.2 Å². The smallest absolute Gasteiger partial charge is 0.339 e. The molecule has 0 amide bonds. The summed E-state index contributed by atoms with van der Waals surface area (Å²) >= 11 is 5.83. The third kappa shape index (κ3) is 2.54. The van der Waals surface area contributed by atoms with Gasteiger partial charge in [-0.3, -0.25) is 0 Å². The van der Waals surface area contributed by atoms with Gasteiger partial charge in [-0.05, 0) is 6.92 Å². The normalized spacial score (nSPS) is 14.9. The molecule has 2 rings (SSSR count). The Labute approximate surface area is 114 Å². The molecule has 0 aliphatic carbocycles. The number of carbonyl (C=O) groups is 1. The van der Waals surface area contributed by atoms with E-state index in [1.807, 2.05) is 0 Å². The fourth-order valence-electron chi connectivity index (χ4n) is 1.76. The summed E-state index contributed by atoms with van der Waals surface area (Å²) < 4.78 is 15.3. The molecular formula is C12H13ClO6. The van der Waals surface area contributed by atoms with E-state index in [2.05, 4.69) is 0 Å².